The molecular formula is C32H42ClN5O4. The lowest BCUT2D eigenvalue weighted by atomic mass is 9.91. The summed E-state index contributed by atoms with van der Waals surface area (Å²) in [6, 6.07) is 9.93. The summed E-state index contributed by atoms with van der Waals surface area (Å²) in [4.78, 5) is 29.6. The van der Waals surface area contributed by atoms with Crippen molar-refractivity contribution in [1.29, 1.82) is 0 Å². The zero-order valence-corrected chi connectivity index (χ0v) is 26.1. The number of imidazole rings is 1. The Labute approximate surface area is 252 Å². The van der Waals surface area contributed by atoms with Crippen LogP contribution >= 0.6 is 11.6 Å². The number of methoxy groups -OCH3 is 1. The molecule has 1 aliphatic rings. The Balaban J connectivity index is 1.56. The number of rotatable bonds is 9. The molecule has 1 saturated carbocycles. The third-order valence-corrected chi connectivity index (χ3v) is 7.68. The smallest absolute Gasteiger partial charge is 0.407 e. The van der Waals surface area contributed by atoms with Crippen molar-refractivity contribution in [3.63, 3.8) is 0 Å². The second-order valence-corrected chi connectivity index (χ2v) is 12.4. The summed E-state index contributed by atoms with van der Waals surface area (Å²) in [6.07, 6.45) is 6.47. The van der Waals surface area contributed by atoms with Gasteiger partial charge in [-0.05, 0) is 109 Å². The van der Waals surface area contributed by atoms with Crippen LogP contribution in [-0.4, -0.2) is 46.1 Å². The van der Waals surface area contributed by atoms with Crippen LogP contribution in [0.25, 0.3) is 11.2 Å². The molecule has 0 aliphatic heterocycles. The number of amides is 1. The third-order valence-electron chi connectivity index (χ3n) is 7.39. The highest BCUT2D eigenvalue weighted by atomic mass is 35.5. The van der Waals surface area contributed by atoms with E-state index < -0.39 is 5.60 Å². The van der Waals surface area contributed by atoms with E-state index in [1.54, 1.807) is 14.0 Å². The number of nitrogens with one attached hydrogen (secondary N) is 2. The fourth-order valence-corrected chi connectivity index (χ4v) is 5.74. The van der Waals surface area contributed by atoms with Crippen LogP contribution in [0.1, 0.15) is 77.1 Å². The highest BCUT2D eigenvalue weighted by Crippen LogP contribution is 2.30. The van der Waals surface area contributed by atoms with Crippen molar-refractivity contribution >= 4 is 40.5 Å². The number of benzene rings is 1. The van der Waals surface area contributed by atoms with Gasteiger partial charge in [0.25, 0.3) is 0 Å². The van der Waals surface area contributed by atoms with Crippen LogP contribution in [0.5, 0.6) is 5.75 Å². The first kappa shape index (κ1) is 31.2. The number of allylic oxidation sites excluding steroid dienone is 2. The van der Waals surface area contributed by atoms with E-state index in [4.69, 9.17) is 31.8 Å². The molecule has 4 N–H and O–H groups in total. The van der Waals surface area contributed by atoms with Gasteiger partial charge in [-0.2, -0.15) is 0 Å². The lowest BCUT2D eigenvalue weighted by Gasteiger charge is -2.31. The molecule has 0 atom stereocenters. The quantitative estimate of drug-likeness (QED) is 0.248. The van der Waals surface area contributed by atoms with Gasteiger partial charge in [-0.15, -0.1) is 0 Å². The first-order chi connectivity index (χ1) is 19.8. The number of ketones is 1. The second-order valence-electron chi connectivity index (χ2n) is 12.0. The Morgan fingerprint density at radius 3 is 2.36 bits per heavy atom. The molecule has 226 valence electrons. The number of alkyl carbamates (subject to hydrolysis) is 1. The van der Waals surface area contributed by atoms with Gasteiger partial charge >= 0.3 is 6.09 Å². The number of carbonyl (C=O) groups is 2. The Bertz CT molecular complexity index is 1480. The largest absolute Gasteiger partial charge is 0.495 e. The van der Waals surface area contributed by atoms with E-state index in [-0.39, 0.29) is 24.0 Å². The molecule has 3 aromatic rings. The van der Waals surface area contributed by atoms with Crippen LogP contribution in [0.2, 0.25) is 5.02 Å². The molecule has 9 nitrogen and oxygen atoms in total. The SMILES string of the molecule is COc1ccc(CCc2nc3cc(/C(C(C)=O)=C(\C)N)ccn3c2NC2CCC(NC(=O)OC(C)(C)C)CC2)cc1Cl. The Kier molecular flexibility index (Phi) is 9.71. The number of hydrogen-bond donors (Lipinski definition) is 3. The van der Waals surface area contributed by atoms with Crippen molar-refractivity contribution in [1.82, 2.24) is 14.7 Å². The zero-order chi connectivity index (χ0) is 30.6. The number of halogens is 1. The maximum absolute atomic E-state index is 12.3. The van der Waals surface area contributed by atoms with Crippen molar-refractivity contribution in [3.05, 3.63) is 64.1 Å². The predicted octanol–water partition coefficient (Wildman–Crippen LogP) is 6.31. The Morgan fingerprint density at radius 2 is 1.76 bits per heavy atom. The molecule has 4 rings (SSSR count). The minimum absolute atomic E-state index is 0.0817. The summed E-state index contributed by atoms with van der Waals surface area (Å²) >= 11 is 6.38. The number of Topliss-reactive ketones (excluding diaryl/α,β-unsaturated/α-hetero) is 1. The third kappa shape index (κ3) is 7.76. The number of nitrogens with zero attached hydrogens (tertiary/aromatic N) is 2. The maximum atomic E-state index is 12.3. The van der Waals surface area contributed by atoms with Crippen molar-refractivity contribution in [2.75, 3.05) is 12.4 Å². The summed E-state index contributed by atoms with van der Waals surface area (Å²) < 4.78 is 12.8. The number of anilines is 1. The van der Waals surface area contributed by atoms with Crippen LogP contribution in [0, 0.1) is 0 Å². The predicted molar refractivity (Wildman–Crippen MR) is 167 cm³/mol. The number of fused-ring (bicyclic) bond motifs is 1. The van der Waals surface area contributed by atoms with E-state index in [0.717, 1.165) is 60.4 Å². The van der Waals surface area contributed by atoms with E-state index in [1.165, 1.54) is 6.92 Å². The molecule has 42 heavy (non-hydrogen) atoms. The summed E-state index contributed by atoms with van der Waals surface area (Å²) in [5.41, 5.74) is 9.99. The summed E-state index contributed by atoms with van der Waals surface area (Å²) in [5.74, 6) is 1.49. The second kappa shape index (κ2) is 13.1. The molecule has 0 radical (unpaired) electrons. The van der Waals surface area contributed by atoms with Crippen LogP contribution < -0.4 is 21.1 Å². The standard InChI is InChI=1S/C32H42ClN5O4/c1-19(34)29(20(2)39)22-15-16-38-28(18-22)37-26(13-7-21-8-14-27(41-6)25(33)17-21)30(38)35-23-9-11-24(12-10-23)36-31(40)42-32(3,4)5/h8,14-18,23-24,35H,7,9-13,34H2,1-6H3,(H,36,40)/b29-19+. The van der Waals surface area contributed by atoms with E-state index in [1.807, 2.05) is 61.7 Å². The van der Waals surface area contributed by atoms with Gasteiger partial charge in [-0.25, -0.2) is 9.78 Å². The molecule has 1 amide bonds. The molecule has 0 spiro atoms. The molecule has 10 heteroatoms. The lowest BCUT2D eigenvalue weighted by molar-refractivity contribution is -0.111. The first-order valence-electron chi connectivity index (χ1n) is 14.4. The summed E-state index contributed by atoms with van der Waals surface area (Å²) in [6.45, 7) is 8.84. The monoisotopic (exact) mass is 595 g/mol. The number of hydrogen-bond acceptors (Lipinski definition) is 7. The van der Waals surface area contributed by atoms with Gasteiger partial charge in [0.15, 0.2) is 5.78 Å². The topological polar surface area (TPSA) is 120 Å². The van der Waals surface area contributed by atoms with Crippen LogP contribution in [0.4, 0.5) is 10.6 Å². The average Bonchev–Trinajstić information content (AvgIpc) is 3.23. The molecule has 1 aromatic carbocycles. The van der Waals surface area contributed by atoms with Gasteiger partial charge in [-0.1, -0.05) is 17.7 Å². The van der Waals surface area contributed by atoms with E-state index in [9.17, 15) is 9.59 Å². The minimum atomic E-state index is -0.525. The number of ether oxygens (including phenoxy) is 2. The minimum Gasteiger partial charge on any atom is -0.495 e. The highest BCUT2D eigenvalue weighted by molar-refractivity contribution is 6.32. The molecular weight excluding hydrogens is 554 g/mol. The molecule has 0 bridgehead atoms. The Hall–Kier alpha value is -3.72. The molecule has 0 saturated heterocycles. The first-order valence-corrected chi connectivity index (χ1v) is 14.8. The van der Waals surface area contributed by atoms with Crippen LogP contribution in [0.15, 0.2) is 42.2 Å². The van der Waals surface area contributed by atoms with Crippen molar-refractivity contribution in [2.24, 2.45) is 5.73 Å². The molecule has 1 aliphatic carbocycles. The zero-order valence-electron chi connectivity index (χ0n) is 25.3. The average molecular weight is 596 g/mol. The van der Waals surface area contributed by atoms with Crippen molar-refractivity contribution in [3.8, 4) is 5.75 Å². The molecule has 2 heterocycles. The molecule has 2 aromatic heterocycles. The number of pyridine rings is 1. The van der Waals surface area contributed by atoms with Gasteiger partial charge in [0.05, 0.1) is 17.8 Å². The molecule has 1 fully saturated rings. The van der Waals surface area contributed by atoms with Gasteiger partial charge in [0, 0.05) is 29.6 Å². The lowest BCUT2D eigenvalue weighted by Crippen LogP contribution is -2.42. The van der Waals surface area contributed by atoms with Crippen LogP contribution in [-0.2, 0) is 22.4 Å². The highest BCUT2D eigenvalue weighted by Gasteiger charge is 2.26. The fourth-order valence-electron chi connectivity index (χ4n) is 5.46. The number of aromatic nitrogens is 2. The fraction of sp³-hybridized carbons (Fsp3) is 0.469. The Morgan fingerprint density at radius 1 is 1.07 bits per heavy atom. The van der Waals surface area contributed by atoms with Crippen molar-refractivity contribution < 1.29 is 19.1 Å². The normalized spacial score (nSPS) is 17.9. The summed E-state index contributed by atoms with van der Waals surface area (Å²) in [5, 5.41) is 7.34. The number of carbonyl (C=O) groups excluding carboxylic acids is 2. The molecule has 0 unspecified atom stereocenters. The van der Waals surface area contributed by atoms with Gasteiger partial charge in [0.2, 0.25) is 0 Å². The van der Waals surface area contributed by atoms with E-state index in [0.29, 0.717) is 28.5 Å². The van der Waals surface area contributed by atoms with E-state index in [2.05, 4.69) is 10.6 Å². The number of nitrogens with two attached hydrogens (primary N) is 1. The van der Waals surface area contributed by atoms with Crippen LogP contribution in [0.3, 0.4) is 0 Å². The van der Waals surface area contributed by atoms with E-state index >= 15 is 0 Å². The van der Waals surface area contributed by atoms with Gasteiger partial charge in [-0.3, -0.25) is 9.20 Å². The maximum Gasteiger partial charge on any atom is 0.407 e. The number of aryl methyl sites for hydroxylation is 2. The van der Waals surface area contributed by atoms with Crippen molar-refractivity contribution in [2.45, 2.75) is 90.8 Å². The summed E-state index contributed by atoms with van der Waals surface area (Å²) in [7, 11) is 1.60. The van der Waals surface area contributed by atoms with Gasteiger partial charge in [0.1, 0.15) is 22.8 Å². The van der Waals surface area contributed by atoms with Gasteiger partial charge < -0.3 is 25.8 Å².